The van der Waals surface area contributed by atoms with Crippen molar-refractivity contribution in [2.75, 3.05) is 0 Å². The predicted octanol–water partition coefficient (Wildman–Crippen LogP) is -4.60. The molecule has 0 spiro atoms. The molecule has 0 aliphatic heterocycles. The Hall–Kier alpha value is 1.23. The molecule has 0 aromatic carbocycles. The van der Waals surface area contributed by atoms with Crippen LogP contribution in [0, 0.1) is 0 Å². The van der Waals surface area contributed by atoms with Crippen LogP contribution < -0.4 is 0 Å². The summed E-state index contributed by atoms with van der Waals surface area (Å²) in [6.07, 6.45) is 0. The van der Waals surface area contributed by atoms with Gasteiger partial charge in [0.15, 0.2) is 0 Å². The van der Waals surface area contributed by atoms with Crippen molar-refractivity contribution in [2.45, 2.75) is 0 Å². The van der Waals surface area contributed by atoms with Gasteiger partial charge in [-0.1, -0.05) is 0 Å². The van der Waals surface area contributed by atoms with E-state index in [1.54, 1.807) is 0 Å². The molecule has 0 atom stereocenters. The van der Waals surface area contributed by atoms with Gasteiger partial charge in [-0.15, -0.1) is 34.1 Å². The zero-order chi connectivity index (χ0) is 10.7. The third-order valence-electron chi connectivity index (χ3n) is 0. The molecule has 0 saturated heterocycles. The smallest absolute Gasteiger partial charge is 0.784 e. The number of hydrogen-bond acceptors (Lipinski definition) is 9. The molecule has 0 rings (SSSR count). The van der Waals surface area contributed by atoms with Gasteiger partial charge in [-0.25, -0.2) is 0 Å². The van der Waals surface area contributed by atoms with Crippen LogP contribution in [-0.4, -0.2) is 80.1 Å². The molecular weight excluding hydrogens is 310 g/mol. The molecule has 0 aromatic rings. The molecule has 15 heteroatoms. The van der Waals surface area contributed by atoms with Crippen LogP contribution in [0.15, 0.2) is 0 Å². The van der Waals surface area contributed by atoms with E-state index in [1.165, 1.54) is 0 Å². The fourth-order valence-corrected chi connectivity index (χ4v) is 0. The minimum Gasteiger partial charge on any atom is -0.784 e. The predicted molar refractivity (Wildman–Crippen MR) is 44.2 cm³/mol. The Morgan fingerprint density at radius 1 is 0.533 bits per heavy atom. The standard InChI is InChI=1S/2Al.3H2O3S.H2O/c;;3*1-4(2)3;/h;;3*(H2,1,2,3);1H2/q2*+3;;;;/p-6. The topological polar surface area (TPSA) is 221 Å². The van der Waals surface area contributed by atoms with Gasteiger partial charge in [0.05, 0.1) is 0 Å². The first-order valence-electron chi connectivity index (χ1n) is 1.50. The molecule has 0 amide bonds. The number of rotatable bonds is 0. The van der Waals surface area contributed by atoms with Crippen molar-refractivity contribution < 1.29 is 45.4 Å². The number of hydrogen-bond donors (Lipinski definition) is 0. The second kappa shape index (κ2) is 29.5. The molecular formula is H2Al2O10S3. The van der Waals surface area contributed by atoms with Gasteiger partial charge in [0, 0.05) is 0 Å². The zero-order valence-corrected chi connectivity index (χ0v) is 11.3. The van der Waals surface area contributed by atoms with Crippen LogP contribution in [-0.2, 0) is 34.1 Å². The van der Waals surface area contributed by atoms with Crippen molar-refractivity contribution in [1.29, 1.82) is 0 Å². The zero-order valence-electron chi connectivity index (χ0n) is 6.55. The molecule has 0 aromatic heterocycles. The van der Waals surface area contributed by atoms with Gasteiger partial charge in [0.1, 0.15) is 0 Å². The molecule has 0 radical (unpaired) electrons. The molecule has 0 bridgehead atoms. The van der Waals surface area contributed by atoms with E-state index < -0.39 is 34.1 Å². The van der Waals surface area contributed by atoms with Crippen LogP contribution in [0.5, 0.6) is 0 Å². The van der Waals surface area contributed by atoms with E-state index >= 15 is 0 Å². The van der Waals surface area contributed by atoms with Crippen molar-refractivity contribution in [2.24, 2.45) is 0 Å². The third kappa shape index (κ3) is 1750. The van der Waals surface area contributed by atoms with Crippen LogP contribution in [0.1, 0.15) is 0 Å². The second-order valence-corrected chi connectivity index (χ2v) is 1.84. The molecule has 2 N–H and O–H groups in total. The monoisotopic (exact) mass is 312 g/mol. The maximum Gasteiger partial charge on any atom is 3.00 e. The van der Waals surface area contributed by atoms with Crippen LogP contribution in [0.3, 0.4) is 0 Å². The third-order valence-corrected chi connectivity index (χ3v) is 0. The van der Waals surface area contributed by atoms with Crippen molar-refractivity contribution >= 4 is 68.8 Å². The summed E-state index contributed by atoms with van der Waals surface area (Å²) in [5.74, 6) is 0. The molecule has 0 unspecified atom stereocenters. The summed E-state index contributed by atoms with van der Waals surface area (Å²) in [5, 5.41) is 0. The molecule has 86 valence electrons. The van der Waals surface area contributed by atoms with Crippen LogP contribution in [0.2, 0.25) is 0 Å². The van der Waals surface area contributed by atoms with E-state index in [4.69, 9.17) is 39.9 Å². The van der Waals surface area contributed by atoms with Gasteiger partial charge in [-0.2, -0.15) is 0 Å². The fourth-order valence-electron chi connectivity index (χ4n) is 0. The summed E-state index contributed by atoms with van der Waals surface area (Å²) in [7, 11) is 0. The Balaban J connectivity index is -0.0000000184. The van der Waals surface area contributed by atoms with Gasteiger partial charge in [-0.3, -0.25) is 12.6 Å². The van der Waals surface area contributed by atoms with Crippen LogP contribution in [0.25, 0.3) is 0 Å². The van der Waals surface area contributed by atoms with Crippen molar-refractivity contribution in [3.63, 3.8) is 0 Å². The summed E-state index contributed by atoms with van der Waals surface area (Å²) < 4.78 is 76.0. The Morgan fingerprint density at radius 3 is 0.533 bits per heavy atom. The Bertz CT molecular complexity index is 116. The average molecular weight is 312 g/mol. The average Bonchev–Trinajstić information content (AvgIpc) is 1.54. The van der Waals surface area contributed by atoms with Gasteiger partial charge >= 0.3 is 34.7 Å². The molecule has 0 fully saturated rings. The van der Waals surface area contributed by atoms with Crippen molar-refractivity contribution in [3.8, 4) is 0 Å². The Labute approximate surface area is 114 Å². The summed E-state index contributed by atoms with van der Waals surface area (Å²) >= 11 is -9.33. The first-order valence-corrected chi connectivity index (χ1v) is 4.50. The quantitative estimate of drug-likeness (QED) is 0.309. The van der Waals surface area contributed by atoms with Crippen molar-refractivity contribution in [3.05, 3.63) is 0 Å². The van der Waals surface area contributed by atoms with E-state index in [9.17, 15) is 0 Å². The molecule has 15 heavy (non-hydrogen) atoms. The minimum absolute atomic E-state index is 0. The van der Waals surface area contributed by atoms with Gasteiger partial charge in [0.25, 0.3) is 0 Å². The Kier molecular flexibility index (Phi) is 70.7. The van der Waals surface area contributed by atoms with Gasteiger partial charge in [0.2, 0.25) is 0 Å². The molecule has 0 saturated carbocycles. The van der Waals surface area contributed by atoms with Crippen LogP contribution >= 0.6 is 0 Å². The van der Waals surface area contributed by atoms with E-state index in [-0.39, 0.29) is 40.2 Å². The largest absolute Gasteiger partial charge is 3.00 e. The van der Waals surface area contributed by atoms with E-state index in [0.29, 0.717) is 0 Å². The Morgan fingerprint density at radius 2 is 0.533 bits per heavy atom. The maximum absolute atomic E-state index is 8.44. The fraction of sp³-hybridized carbons (Fsp3) is 0. The summed E-state index contributed by atoms with van der Waals surface area (Å²) in [5.41, 5.74) is 0. The molecule has 0 heterocycles. The van der Waals surface area contributed by atoms with Crippen LogP contribution in [0.4, 0.5) is 0 Å². The minimum atomic E-state index is -3.11. The molecule has 0 aliphatic rings. The SMILES string of the molecule is O.O=S([O-])[O-].O=S([O-])[O-].O=S([O-])[O-].[Al+3].[Al+3]. The normalized spacial score (nSPS) is 7.00. The first-order chi connectivity index (χ1) is 5.20. The second-order valence-electron chi connectivity index (χ2n) is 0.612. The summed E-state index contributed by atoms with van der Waals surface area (Å²) in [6.45, 7) is 0. The molecule has 0 aliphatic carbocycles. The van der Waals surface area contributed by atoms with E-state index in [2.05, 4.69) is 0 Å². The van der Waals surface area contributed by atoms with Gasteiger partial charge < -0.3 is 32.8 Å². The first kappa shape index (κ1) is 36.0. The summed E-state index contributed by atoms with van der Waals surface area (Å²) in [4.78, 5) is 0. The molecule has 10 nitrogen and oxygen atoms in total. The van der Waals surface area contributed by atoms with Gasteiger partial charge in [-0.05, 0) is 0 Å². The summed E-state index contributed by atoms with van der Waals surface area (Å²) in [6, 6.07) is 0. The van der Waals surface area contributed by atoms with Crippen molar-refractivity contribution in [1.82, 2.24) is 0 Å². The maximum atomic E-state index is 8.44. The van der Waals surface area contributed by atoms with E-state index in [0.717, 1.165) is 0 Å². The van der Waals surface area contributed by atoms with E-state index in [1.807, 2.05) is 0 Å².